The van der Waals surface area contributed by atoms with E-state index >= 15 is 0 Å². The van der Waals surface area contributed by atoms with E-state index in [-0.39, 0.29) is 17.8 Å². The van der Waals surface area contributed by atoms with Crippen molar-refractivity contribution in [3.05, 3.63) is 33.3 Å². The predicted octanol–water partition coefficient (Wildman–Crippen LogP) is 2.40. The number of carbonyl (C=O) groups excluding carboxylic acids is 1. The van der Waals surface area contributed by atoms with Crippen LogP contribution in [0.2, 0.25) is 5.02 Å². The molecule has 6 heteroatoms. The van der Waals surface area contributed by atoms with Gasteiger partial charge in [0.2, 0.25) is 5.91 Å². The molecule has 2 rings (SSSR count). The van der Waals surface area contributed by atoms with Crippen LogP contribution in [0, 0.1) is 5.92 Å². The van der Waals surface area contributed by atoms with Crippen molar-refractivity contribution in [2.24, 2.45) is 16.6 Å². The quantitative estimate of drug-likeness (QED) is 0.830. The van der Waals surface area contributed by atoms with Crippen LogP contribution in [0.25, 0.3) is 0 Å². The summed E-state index contributed by atoms with van der Waals surface area (Å²) in [7, 11) is 0. The zero-order valence-corrected chi connectivity index (χ0v) is 12.3. The fourth-order valence-corrected chi connectivity index (χ4v) is 2.49. The summed E-state index contributed by atoms with van der Waals surface area (Å²) in [5, 5.41) is 3.15. The SMILES string of the molecule is CC1C(=O)NC(N)=NC1(C)c1ccc(Cl)c(Br)c1. The molecule has 0 saturated carbocycles. The lowest BCUT2D eigenvalue weighted by molar-refractivity contribution is -0.125. The Labute approximate surface area is 119 Å². The van der Waals surface area contributed by atoms with Crippen LogP contribution in [0.5, 0.6) is 0 Å². The Morgan fingerprint density at radius 1 is 1.56 bits per heavy atom. The average Bonchev–Trinajstić information content (AvgIpc) is 2.29. The average molecular weight is 331 g/mol. The van der Waals surface area contributed by atoms with Crippen molar-refractivity contribution in [1.82, 2.24) is 5.32 Å². The minimum atomic E-state index is -0.681. The molecule has 1 aromatic carbocycles. The Morgan fingerprint density at radius 3 is 2.83 bits per heavy atom. The maximum Gasteiger partial charge on any atom is 0.232 e. The lowest BCUT2D eigenvalue weighted by Crippen LogP contribution is -2.52. The summed E-state index contributed by atoms with van der Waals surface area (Å²) in [5.74, 6) is -0.291. The van der Waals surface area contributed by atoms with Crippen LogP contribution >= 0.6 is 27.5 Å². The third-order valence-corrected chi connectivity index (χ3v) is 4.56. The van der Waals surface area contributed by atoms with Gasteiger partial charge < -0.3 is 5.73 Å². The van der Waals surface area contributed by atoms with E-state index in [1.54, 1.807) is 6.07 Å². The summed E-state index contributed by atoms with van der Waals surface area (Å²) in [6.45, 7) is 3.72. The monoisotopic (exact) mass is 329 g/mol. The first-order valence-corrected chi connectivity index (χ1v) is 6.63. The van der Waals surface area contributed by atoms with E-state index in [1.807, 2.05) is 26.0 Å². The highest BCUT2D eigenvalue weighted by atomic mass is 79.9. The van der Waals surface area contributed by atoms with Crippen molar-refractivity contribution in [3.63, 3.8) is 0 Å². The van der Waals surface area contributed by atoms with Crippen LogP contribution < -0.4 is 11.1 Å². The number of nitrogens with two attached hydrogens (primary N) is 1. The minimum Gasteiger partial charge on any atom is -0.370 e. The predicted molar refractivity (Wildman–Crippen MR) is 75.4 cm³/mol. The molecule has 0 aliphatic carbocycles. The van der Waals surface area contributed by atoms with E-state index in [2.05, 4.69) is 26.2 Å². The highest BCUT2D eigenvalue weighted by molar-refractivity contribution is 9.10. The fraction of sp³-hybridized carbons (Fsp3) is 0.333. The summed E-state index contributed by atoms with van der Waals surface area (Å²) in [6.07, 6.45) is 0. The van der Waals surface area contributed by atoms with Gasteiger partial charge in [0, 0.05) is 4.47 Å². The van der Waals surface area contributed by atoms with Gasteiger partial charge in [-0.3, -0.25) is 10.1 Å². The van der Waals surface area contributed by atoms with Gasteiger partial charge in [-0.2, -0.15) is 0 Å². The zero-order chi connectivity index (χ0) is 13.5. The largest absolute Gasteiger partial charge is 0.370 e. The molecule has 1 amide bonds. The second-order valence-corrected chi connectivity index (χ2v) is 5.75. The molecule has 0 spiro atoms. The number of aliphatic imine (C=N–C) groups is 1. The number of nitrogens with zero attached hydrogens (tertiary/aromatic N) is 1. The molecule has 2 atom stereocenters. The Kier molecular flexibility index (Phi) is 3.38. The number of hydrogen-bond acceptors (Lipinski definition) is 3. The number of amides is 1. The van der Waals surface area contributed by atoms with E-state index < -0.39 is 5.54 Å². The van der Waals surface area contributed by atoms with Gasteiger partial charge >= 0.3 is 0 Å². The first-order chi connectivity index (χ1) is 8.34. The molecule has 18 heavy (non-hydrogen) atoms. The van der Waals surface area contributed by atoms with Crippen LogP contribution in [0.15, 0.2) is 27.7 Å². The van der Waals surface area contributed by atoms with Gasteiger partial charge in [0.25, 0.3) is 0 Å². The van der Waals surface area contributed by atoms with Crippen LogP contribution in [-0.2, 0) is 10.3 Å². The highest BCUT2D eigenvalue weighted by Gasteiger charge is 2.41. The molecule has 0 radical (unpaired) electrons. The first kappa shape index (κ1) is 13.4. The molecular weight excluding hydrogens is 318 g/mol. The number of nitrogens with one attached hydrogen (secondary N) is 1. The smallest absolute Gasteiger partial charge is 0.232 e. The van der Waals surface area contributed by atoms with Crippen molar-refractivity contribution in [1.29, 1.82) is 0 Å². The molecule has 1 aliphatic heterocycles. The van der Waals surface area contributed by atoms with Gasteiger partial charge in [0.1, 0.15) is 0 Å². The van der Waals surface area contributed by atoms with Crippen LogP contribution in [0.1, 0.15) is 19.4 Å². The summed E-state index contributed by atoms with van der Waals surface area (Å²) >= 11 is 9.35. The van der Waals surface area contributed by atoms with Crippen molar-refractivity contribution in [2.75, 3.05) is 0 Å². The second-order valence-electron chi connectivity index (χ2n) is 4.48. The molecule has 2 unspecified atom stereocenters. The highest BCUT2D eigenvalue weighted by Crippen LogP contribution is 2.38. The molecule has 0 saturated heterocycles. The minimum absolute atomic E-state index is 0.129. The maximum absolute atomic E-state index is 11.8. The zero-order valence-electron chi connectivity index (χ0n) is 10.00. The van der Waals surface area contributed by atoms with Crippen molar-refractivity contribution in [3.8, 4) is 0 Å². The van der Waals surface area contributed by atoms with Gasteiger partial charge in [0.15, 0.2) is 5.96 Å². The normalized spacial score (nSPS) is 27.7. The van der Waals surface area contributed by atoms with Crippen molar-refractivity contribution in [2.45, 2.75) is 19.4 Å². The van der Waals surface area contributed by atoms with E-state index in [9.17, 15) is 4.79 Å². The lowest BCUT2D eigenvalue weighted by atomic mass is 9.79. The standard InChI is InChI=1S/C12H13BrClN3O/c1-6-10(18)16-11(15)17-12(6,2)7-3-4-9(14)8(13)5-7/h3-6H,1-2H3,(H3,15,16,17,18). The summed E-state index contributed by atoms with van der Waals surface area (Å²) < 4.78 is 0.773. The number of benzene rings is 1. The van der Waals surface area contributed by atoms with E-state index in [0.29, 0.717) is 5.02 Å². The molecular formula is C12H13BrClN3O. The van der Waals surface area contributed by atoms with Crippen LogP contribution in [-0.4, -0.2) is 11.9 Å². The Hall–Kier alpha value is -1.07. The summed E-state index contributed by atoms with van der Waals surface area (Å²) in [4.78, 5) is 16.2. The van der Waals surface area contributed by atoms with Crippen molar-refractivity contribution < 1.29 is 4.79 Å². The van der Waals surface area contributed by atoms with Gasteiger partial charge in [-0.25, -0.2) is 4.99 Å². The molecule has 0 fully saturated rings. The molecule has 4 nitrogen and oxygen atoms in total. The van der Waals surface area contributed by atoms with Gasteiger partial charge in [0.05, 0.1) is 16.5 Å². The van der Waals surface area contributed by atoms with E-state index in [0.717, 1.165) is 10.0 Å². The molecule has 96 valence electrons. The third-order valence-electron chi connectivity index (χ3n) is 3.34. The molecule has 0 aromatic heterocycles. The summed E-state index contributed by atoms with van der Waals surface area (Å²) in [5.41, 5.74) is 5.86. The molecule has 1 aliphatic rings. The van der Waals surface area contributed by atoms with Gasteiger partial charge in [-0.05, 0) is 40.5 Å². The van der Waals surface area contributed by atoms with Gasteiger partial charge in [-0.15, -0.1) is 0 Å². The molecule has 1 heterocycles. The van der Waals surface area contributed by atoms with E-state index in [4.69, 9.17) is 17.3 Å². The fourth-order valence-electron chi connectivity index (χ4n) is 1.99. The Bertz CT molecular complexity index is 546. The number of rotatable bonds is 1. The topological polar surface area (TPSA) is 67.5 Å². The number of guanidine groups is 1. The molecule has 1 aromatic rings. The summed E-state index contributed by atoms with van der Waals surface area (Å²) in [6, 6.07) is 5.50. The first-order valence-electron chi connectivity index (χ1n) is 5.46. The van der Waals surface area contributed by atoms with Gasteiger partial charge in [-0.1, -0.05) is 24.6 Å². The molecule has 0 bridgehead atoms. The number of halogens is 2. The Morgan fingerprint density at radius 2 is 2.22 bits per heavy atom. The van der Waals surface area contributed by atoms with Crippen LogP contribution in [0.4, 0.5) is 0 Å². The van der Waals surface area contributed by atoms with Crippen LogP contribution in [0.3, 0.4) is 0 Å². The van der Waals surface area contributed by atoms with E-state index in [1.165, 1.54) is 0 Å². The number of carbonyl (C=O) groups is 1. The maximum atomic E-state index is 11.8. The second kappa shape index (κ2) is 4.55. The number of hydrogen-bond donors (Lipinski definition) is 2. The lowest BCUT2D eigenvalue weighted by Gasteiger charge is -2.35. The molecule has 3 N–H and O–H groups in total. The third kappa shape index (κ3) is 2.12. The Balaban J connectivity index is 2.55. The van der Waals surface area contributed by atoms with Crippen molar-refractivity contribution >= 4 is 39.4 Å².